The molecule has 0 N–H and O–H groups in total. The Hall–Kier alpha value is -4.19. The summed E-state index contributed by atoms with van der Waals surface area (Å²) in [7, 11) is 0. The Labute approximate surface area is 348 Å². The molecular weight excluding hydrogens is 709 g/mol. The van der Waals surface area contributed by atoms with Crippen molar-refractivity contribution in [1.82, 2.24) is 0 Å². The van der Waals surface area contributed by atoms with Gasteiger partial charge in [0.1, 0.15) is 13.2 Å². The minimum atomic E-state index is -0.815. The quantitative estimate of drug-likeness (QED) is 0.0270. The molecule has 0 aromatic rings. The first kappa shape index (κ1) is 52.8. The Morgan fingerprint density at radius 1 is 0.351 bits per heavy atom. The molecule has 1 unspecified atom stereocenters. The third-order valence-electron chi connectivity index (χ3n) is 8.66. The van der Waals surface area contributed by atoms with Crippen LogP contribution in [0, 0.1) is 0 Å². The monoisotopic (exact) mass is 787 g/mol. The summed E-state index contributed by atoms with van der Waals surface area (Å²) in [5.74, 6) is -1.01. The molecule has 0 radical (unpaired) electrons. The summed E-state index contributed by atoms with van der Waals surface area (Å²) in [6.07, 6.45) is 60.4. The number of unbranched alkanes of at least 4 members (excludes halogenated alkanes) is 13. The molecule has 57 heavy (non-hydrogen) atoms. The summed E-state index contributed by atoms with van der Waals surface area (Å²) in [4.78, 5) is 37.7. The van der Waals surface area contributed by atoms with Gasteiger partial charge in [-0.15, -0.1) is 0 Å². The van der Waals surface area contributed by atoms with Gasteiger partial charge in [-0.2, -0.15) is 0 Å². The zero-order chi connectivity index (χ0) is 41.5. The zero-order valence-corrected chi connectivity index (χ0v) is 36.0. The summed E-state index contributed by atoms with van der Waals surface area (Å²) < 4.78 is 16.6. The van der Waals surface area contributed by atoms with E-state index in [-0.39, 0.29) is 37.5 Å². The Morgan fingerprint density at radius 3 is 1.00 bits per heavy atom. The number of ether oxygens (including phenoxy) is 3. The molecule has 0 aromatic carbocycles. The second-order valence-corrected chi connectivity index (χ2v) is 14.0. The lowest BCUT2D eigenvalue weighted by Gasteiger charge is -2.18. The Morgan fingerprint density at radius 2 is 0.632 bits per heavy atom. The average Bonchev–Trinajstić information content (AvgIpc) is 3.21. The van der Waals surface area contributed by atoms with Crippen LogP contribution in [0.15, 0.2) is 122 Å². The highest BCUT2D eigenvalue weighted by Crippen LogP contribution is 2.12. The van der Waals surface area contributed by atoms with Crippen molar-refractivity contribution in [2.45, 2.75) is 168 Å². The number of allylic oxidation sites excluding steroid dienone is 20. The van der Waals surface area contributed by atoms with Crippen LogP contribution in [0.1, 0.15) is 162 Å². The molecule has 0 aliphatic heterocycles. The standard InChI is InChI=1S/C51H78O6/c1-4-7-10-13-16-19-22-25-28-31-34-37-40-43-49(52)55-46-48(57-51(54)45-42-39-36-33-30-27-24-21-18-15-12-9-6-3)47-56-50(53)44-41-38-35-32-29-26-23-20-17-14-11-8-5-2/h7-25,28,48H,4-6,26-27,29-47H2,1-3H3/b10-7-,11-8-,12-9-,16-13-,17-14-,18-15-,22-19-,23-20-,24-21-,28-25-. The molecule has 0 rings (SSSR count). The first-order valence-electron chi connectivity index (χ1n) is 22.2. The van der Waals surface area contributed by atoms with Gasteiger partial charge in [0.2, 0.25) is 0 Å². The maximum atomic E-state index is 12.7. The fourth-order valence-electron chi connectivity index (χ4n) is 5.39. The zero-order valence-electron chi connectivity index (χ0n) is 36.0. The lowest BCUT2D eigenvalue weighted by atomic mass is 10.1. The van der Waals surface area contributed by atoms with Crippen molar-refractivity contribution < 1.29 is 28.6 Å². The van der Waals surface area contributed by atoms with Gasteiger partial charge in [0.25, 0.3) is 0 Å². The van der Waals surface area contributed by atoms with Crippen molar-refractivity contribution >= 4 is 17.9 Å². The number of carbonyl (C=O) groups is 3. The molecule has 0 aromatic heterocycles. The van der Waals surface area contributed by atoms with Crippen LogP contribution < -0.4 is 0 Å². The third kappa shape index (κ3) is 42.8. The fourth-order valence-corrected chi connectivity index (χ4v) is 5.39. The molecule has 0 fully saturated rings. The molecule has 0 saturated heterocycles. The number of rotatable bonds is 37. The van der Waals surface area contributed by atoms with E-state index in [0.717, 1.165) is 122 Å². The molecule has 6 nitrogen and oxygen atoms in total. The number of hydrogen-bond donors (Lipinski definition) is 0. The maximum absolute atomic E-state index is 12.7. The Kier molecular flexibility index (Phi) is 41.3. The highest BCUT2D eigenvalue weighted by Gasteiger charge is 2.19. The van der Waals surface area contributed by atoms with E-state index in [1.165, 1.54) is 0 Å². The highest BCUT2D eigenvalue weighted by atomic mass is 16.6. The van der Waals surface area contributed by atoms with Crippen LogP contribution in [0.3, 0.4) is 0 Å². The molecule has 0 aliphatic rings. The molecule has 0 spiro atoms. The summed E-state index contributed by atoms with van der Waals surface area (Å²) in [6.45, 7) is 6.12. The van der Waals surface area contributed by atoms with E-state index >= 15 is 0 Å². The number of esters is 3. The summed E-state index contributed by atoms with van der Waals surface area (Å²) in [6, 6.07) is 0. The minimum Gasteiger partial charge on any atom is -0.462 e. The molecule has 0 bridgehead atoms. The van der Waals surface area contributed by atoms with E-state index in [2.05, 4.69) is 93.7 Å². The highest BCUT2D eigenvalue weighted by molar-refractivity contribution is 5.71. The Bertz CT molecular complexity index is 1270. The van der Waals surface area contributed by atoms with E-state index < -0.39 is 6.10 Å². The van der Waals surface area contributed by atoms with Crippen LogP contribution >= 0.6 is 0 Å². The van der Waals surface area contributed by atoms with E-state index in [0.29, 0.717) is 12.8 Å². The van der Waals surface area contributed by atoms with Crippen LogP contribution in [-0.2, 0) is 28.6 Å². The average molecular weight is 787 g/mol. The molecule has 318 valence electrons. The molecule has 1 atom stereocenters. The van der Waals surface area contributed by atoms with Crippen LogP contribution in [-0.4, -0.2) is 37.2 Å². The summed E-state index contributed by atoms with van der Waals surface area (Å²) in [5, 5.41) is 0. The van der Waals surface area contributed by atoms with Crippen molar-refractivity contribution in [2.75, 3.05) is 13.2 Å². The van der Waals surface area contributed by atoms with Gasteiger partial charge in [0, 0.05) is 19.3 Å². The number of carbonyl (C=O) groups excluding carboxylic acids is 3. The van der Waals surface area contributed by atoms with E-state index in [1.807, 2.05) is 48.6 Å². The fraction of sp³-hybridized carbons (Fsp3) is 0.549. The normalized spacial score (nSPS) is 13.2. The second-order valence-electron chi connectivity index (χ2n) is 14.0. The first-order valence-corrected chi connectivity index (χ1v) is 22.2. The smallest absolute Gasteiger partial charge is 0.306 e. The number of hydrogen-bond acceptors (Lipinski definition) is 6. The molecular formula is C51H78O6. The molecule has 0 aliphatic carbocycles. The molecule has 0 saturated carbocycles. The van der Waals surface area contributed by atoms with Crippen LogP contribution in [0.5, 0.6) is 0 Å². The van der Waals surface area contributed by atoms with E-state index in [4.69, 9.17) is 14.2 Å². The predicted molar refractivity (Wildman–Crippen MR) is 242 cm³/mol. The van der Waals surface area contributed by atoms with Crippen LogP contribution in [0.4, 0.5) is 0 Å². The molecule has 0 heterocycles. The summed E-state index contributed by atoms with van der Waals surface area (Å²) >= 11 is 0. The van der Waals surface area contributed by atoms with Gasteiger partial charge < -0.3 is 14.2 Å². The SMILES string of the molecule is CC\C=C/C=C\C=C/C=C\CCCCCC(=O)OCC(COC(=O)CCCCCCC\C=C/C=C\C=C/CC)OC(=O)CCCCCCC\C=C/C=C\C=C/CC. The maximum Gasteiger partial charge on any atom is 0.306 e. The van der Waals surface area contributed by atoms with Crippen molar-refractivity contribution in [3.63, 3.8) is 0 Å². The van der Waals surface area contributed by atoms with Gasteiger partial charge in [-0.05, 0) is 77.0 Å². The van der Waals surface area contributed by atoms with Crippen molar-refractivity contribution in [3.8, 4) is 0 Å². The van der Waals surface area contributed by atoms with Gasteiger partial charge in [-0.3, -0.25) is 14.4 Å². The van der Waals surface area contributed by atoms with Gasteiger partial charge >= 0.3 is 17.9 Å². The van der Waals surface area contributed by atoms with Crippen LogP contribution in [0.2, 0.25) is 0 Å². The third-order valence-corrected chi connectivity index (χ3v) is 8.66. The summed E-state index contributed by atoms with van der Waals surface area (Å²) in [5.41, 5.74) is 0. The van der Waals surface area contributed by atoms with E-state index in [1.54, 1.807) is 0 Å². The lowest BCUT2D eigenvalue weighted by molar-refractivity contribution is -0.167. The van der Waals surface area contributed by atoms with Gasteiger partial charge in [0.05, 0.1) is 0 Å². The predicted octanol–water partition coefficient (Wildman–Crippen LogP) is 14.2. The van der Waals surface area contributed by atoms with Gasteiger partial charge in [-0.25, -0.2) is 0 Å². The minimum absolute atomic E-state index is 0.115. The van der Waals surface area contributed by atoms with Gasteiger partial charge in [-0.1, -0.05) is 187 Å². The molecule has 0 amide bonds. The largest absolute Gasteiger partial charge is 0.462 e. The first-order chi connectivity index (χ1) is 28.0. The second kappa shape index (κ2) is 44.5. The van der Waals surface area contributed by atoms with Crippen molar-refractivity contribution in [3.05, 3.63) is 122 Å². The van der Waals surface area contributed by atoms with Crippen molar-refractivity contribution in [1.29, 1.82) is 0 Å². The Balaban J connectivity index is 4.55. The van der Waals surface area contributed by atoms with Crippen LogP contribution in [0.25, 0.3) is 0 Å². The van der Waals surface area contributed by atoms with Gasteiger partial charge in [0.15, 0.2) is 6.10 Å². The van der Waals surface area contributed by atoms with E-state index in [9.17, 15) is 14.4 Å². The topological polar surface area (TPSA) is 78.9 Å². The molecule has 6 heteroatoms. The lowest BCUT2D eigenvalue weighted by Crippen LogP contribution is -2.30. The van der Waals surface area contributed by atoms with Crippen molar-refractivity contribution in [2.24, 2.45) is 0 Å².